The summed E-state index contributed by atoms with van der Waals surface area (Å²) in [7, 11) is 0. The number of pyridine rings is 1. The maximum Gasteiger partial charge on any atom is 0.0686 e. The second-order valence-corrected chi connectivity index (χ2v) is 3.31. The average molecular weight is 188 g/mol. The number of terminal acetylenes is 1. The largest absolute Gasteiger partial charge is 0.300 e. The molecule has 0 saturated heterocycles. The van der Waals surface area contributed by atoms with Crippen molar-refractivity contribution < 1.29 is 0 Å². The first-order chi connectivity index (χ1) is 6.77. The molecule has 0 bridgehead atoms. The molecule has 0 spiro atoms. The van der Waals surface area contributed by atoms with Crippen molar-refractivity contribution in [1.82, 2.24) is 10.3 Å². The summed E-state index contributed by atoms with van der Waals surface area (Å²) in [6, 6.07) is 2.17. The van der Waals surface area contributed by atoms with Crippen LogP contribution in [-0.2, 0) is 6.54 Å². The molecule has 1 unspecified atom stereocenters. The molecule has 0 aliphatic heterocycles. The Morgan fingerprint density at radius 3 is 3.00 bits per heavy atom. The van der Waals surface area contributed by atoms with Crippen LogP contribution < -0.4 is 5.32 Å². The zero-order chi connectivity index (χ0) is 10.4. The van der Waals surface area contributed by atoms with Crippen LogP contribution >= 0.6 is 0 Å². The van der Waals surface area contributed by atoms with Gasteiger partial charge in [0, 0.05) is 18.9 Å². The topological polar surface area (TPSA) is 24.9 Å². The molecule has 74 valence electrons. The predicted octanol–water partition coefficient (Wildman–Crippen LogP) is 1.89. The van der Waals surface area contributed by atoms with Crippen molar-refractivity contribution in [3.8, 4) is 12.3 Å². The second kappa shape index (κ2) is 5.41. The highest BCUT2D eigenvalue weighted by Crippen LogP contribution is 2.04. The van der Waals surface area contributed by atoms with Gasteiger partial charge in [-0.1, -0.05) is 12.8 Å². The lowest BCUT2D eigenvalue weighted by molar-refractivity contribution is 0.590. The summed E-state index contributed by atoms with van der Waals surface area (Å²) in [5.74, 6) is 2.71. The summed E-state index contributed by atoms with van der Waals surface area (Å²) in [4.78, 5) is 4.08. The Morgan fingerprint density at radius 2 is 2.43 bits per heavy atom. The van der Waals surface area contributed by atoms with Gasteiger partial charge in [0.2, 0.25) is 0 Å². The Bertz CT molecular complexity index is 325. The highest BCUT2D eigenvalue weighted by atomic mass is 14.9. The Morgan fingerprint density at radius 1 is 1.64 bits per heavy atom. The number of hydrogen-bond acceptors (Lipinski definition) is 2. The Kier molecular flexibility index (Phi) is 4.15. The standard InChI is InChI=1S/C12H16N2/c1-4-12(5-2)14-9-11-8-13-7-6-10(11)3/h1,6-8,12,14H,5,9H2,2-3H3. The molecule has 1 aromatic heterocycles. The first-order valence-corrected chi connectivity index (χ1v) is 4.87. The molecule has 14 heavy (non-hydrogen) atoms. The molecule has 0 aromatic carbocycles. The molecule has 1 aromatic rings. The maximum atomic E-state index is 5.36. The molecular formula is C12H16N2. The van der Waals surface area contributed by atoms with E-state index in [1.807, 2.05) is 12.3 Å². The van der Waals surface area contributed by atoms with Crippen LogP contribution in [0.5, 0.6) is 0 Å². The lowest BCUT2D eigenvalue weighted by Gasteiger charge is -2.11. The molecular weight excluding hydrogens is 172 g/mol. The van der Waals surface area contributed by atoms with E-state index in [-0.39, 0.29) is 6.04 Å². The van der Waals surface area contributed by atoms with Crippen LogP contribution in [0.25, 0.3) is 0 Å². The summed E-state index contributed by atoms with van der Waals surface area (Å²) in [5.41, 5.74) is 2.46. The van der Waals surface area contributed by atoms with E-state index in [0.717, 1.165) is 13.0 Å². The van der Waals surface area contributed by atoms with Gasteiger partial charge in [-0.25, -0.2) is 0 Å². The van der Waals surface area contributed by atoms with Crippen LogP contribution in [0, 0.1) is 19.3 Å². The van der Waals surface area contributed by atoms with Gasteiger partial charge in [0.1, 0.15) is 0 Å². The molecule has 1 atom stereocenters. The predicted molar refractivity (Wildman–Crippen MR) is 58.7 cm³/mol. The van der Waals surface area contributed by atoms with Crippen molar-refractivity contribution in [3.05, 3.63) is 29.6 Å². The van der Waals surface area contributed by atoms with Gasteiger partial charge in [-0.05, 0) is 30.5 Å². The third-order valence-electron chi connectivity index (χ3n) is 2.30. The lowest BCUT2D eigenvalue weighted by atomic mass is 10.1. The quantitative estimate of drug-likeness (QED) is 0.730. The van der Waals surface area contributed by atoms with E-state index < -0.39 is 0 Å². The molecule has 1 rings (SSSR count). The third kappa shape index (κ3) is 2.86. The number of nitrogens with one attached hydrogen (secondary N) is 1. The molecule has 0 amide bonds. The minimum Gasteiger partial charge on any atom is -0.300 e. The summed E-state index contributed by atoms with van der Waals surface area (Å²) in [5, 5.41) is 3.30. The Hall–Kier alpha value is -1.33. The van der Waals surface area contributed by atoms with Crippen molar-refractivity contribution in [1.29, 1.82) is 0 Å². The van der Waals surface area contributed by atoms with Crippen molar-refractivity contribution in [2.75, 3.05) is 0 Å². The van der Waals surface area contributed by atoms with E-state index in [1.54, 1.807) is 6.20 Å². The summed E-state index contributed by atoms with van der Waals surface area (Å²) in [6.45, 7) is 4.95. The van der Waals surface area contributed by atoms with Gasteiger partial charge in [-0.3, -0.25) is 10.3 Å². The third-order valence-corrected chi connectivity index (χ3v) is 2.30. The SMILES string of the molecule is C#CC(CC)NCc1cnccc1C. The first-order valence-electron chi connectivity index (χ1n) is 4.87. The Balaban J connectivity index is 2.54. The van der Waals surface area contributed by atoms with Crippen LogP contribution in [-0.4, -0.2) is 11.0 Å². The molecule has 0 fully saturated rings. The van der Waals surface area contributed by atoms with Crippen LogP contribution in [0.4, 0.5) is 0 Å². The fourth-order valence-corrected chi connectivity index (χ4v) is 1.24. The number of nitrogens with zero attached hydrogens (tertiary/aromatic N) is 1. The summed E-state index contributed by atoms with van der Waals surface area (Å²) >= 11 is 0. The van der Waals surface area contributed by atoms with Crippen LogP contribution in [0.2, 0.25) is 0 Å². The monoisotopic (exact) mass is 188 g/mol. The van der Waals surface area contributed by atoms with E-state index in [2.05, 4.69) is 30.1 Å². The van der Waals surface area contributed by atoms with Crippen LogP contribution in [0.15, 0.2) is 18.5 Å². The smallest absolute Gasteiger partial charge is 0.0686 e. The van der Waals surface area contributed by atoms with Gasteiger partial charge in [0.25, 0.3) is 0 Å². The molecule has 0 radical (unpaired) electrons. The molecule has 1 heterocycles. The van der Waals surface area contributed by atoms with Crippen molar-refractivity contribution in [2.45, 2.75) is 32.9 Å². The van der Waals surface area contributed by atoms with Gasteiger partial charge in [-0.15, -0.1) is 6.42 Å². The lowest BCUT2D eigenvalue weighted by Crippen LogP contribution is -2.26. The summed E-state index contributed by atoms with van der Waals surface area (Å²) < 4.78 is 0. The normalized spacial score (nSPS) is 12.1. The molecule has 2 heteroatoms. The van der Waals surface area contributed by atoms with E-state index in [1.165, 1.54) is 11.1 Å². The maximum absolute atomic E-state index is 5.36. The second-order valence-electron chi connectivity index (χ2n) is 3.31. The summed E-state index contributed by atoms with van der Waals surface area (Å²) in [6.07, 6.45) is 9.99. The van der Waals surface area contributed by atoms with Gasteiger partial charge >= 0.3 is 0 Å². The highest BCUT2D eigenvalue weighted by Gasteiger charge is 2.02. The zero-order valence-corrected chi connectivity index (χ0v) is 8.75. The van der Waals surface area contributed by atoms with E-state index in [4.69, 9.17) is 6.42 Å². The Labute approximate surface area is 85.8 Å². The van der Waals surface area contributed by atoms with E-state index >= 15 is 0 Å². The van der Waals surface area contributed by atoms with Gasteiger partial charge < -0.3 is 0 Å². The number of aromatic nitrogens is 1. The van der Waals surface area contributed by atoms with E-state index in [0.29, 0.717) is 0 Å². The van der Waals surface area contributed by atoms with Gasteiger partial charge in [0.05, 0.1) is 6.04 Å². The number of rotatable bonds is 4. The molecule has 0 aliphatic rings. The minimum atomic E-state index is 0.162. The number of aryl methyl sites for hydroxylation is 1. The van der Waals surface area contributed by atoms with Crippen LogP contribution in [0.1, 0.15) is 24.5 Å². The number of hydrogen-bond donors (Lipinski definition) is 1. The van der Waals surface area contributed by atoms with Gasteiger partial charge in [0.15, 0.2) is 0 Å². The average Bonchev–Trinajstić information content (AvgIpc) is 2.22. The molecule has 0 aliphatic carbocycles. The van der Waals surface area contributed by atoms with Gasteiger partial charge in [-0.2, -0.15) is 0 Å². The zero-order valence-electron chi connectivity index (χ0n) is 8.75. The minimum absolute atomic E-state index is 0.162. The van der Waals surface area contributed by atoms with Crippen molar-refractivity contribution >= 4 is 0 Å². The van der Waals surface area contributed by atoms with Crippen molar-refractivity contribution in [3.63, 3.8) is 0 Å². The molecule has 1 N–H and O–H groups in total. The molecule has 0 saturated carbocycles. The fraction of sp³-hybridized carbons (Fsp3) is 0.417. The van der Waals surface area contributed by atoms with Crippen molar-refractivity contribution in [2.24, 2.45) is 0 Å². The first kappa shape index (κ1) is 10.7. The van der Waals surface area contributed by atoms with Crippen LogP contribution in [0.3, 0.4) is 0 Å². The molecule has 2 nitrogen and oxygen atoms in total. The van der Waals surface area contributed by atoms with E-state index in [9.17, 15) is 0 Å². The fourth-order valence-electron chi connectivity index (χ4n) is 1.24. The highest BCUT2D eigenvalue weighted by molar-refractivity contribution is 5.21.